The number of alkyl halides is 3. The lowest BCUT2D eigenvalue weighted by Gasteiger charge is -2.20. The Balaban J connectivity index is 1.44. The van der Waals surface area contributed by atoms with E-state index in [9.17, 15) is 23.1 Å². The van der Waals surface area contributed by atoms with Crippen LogP contribution in [0.15, 0.2) is 54.6 Å². The minimum atomic E-state index is -4.51. The summed E-state index contributed by atoms with van der Waals surface area (Å²) < 4.78 is 58.3. The zero-order valence-electron chi connectivity index (χ0n) is 18.9. The van der Waals surface area contributed by atoms with Gasteiger partial charge >= 0.3 is 12.1 Å². The standard InChI is InChI=1S/C27H23F3O5/c1-33-25(32)12-16-14-34-24-13-18(6-7-19(16)24)35-23-11-9-21-20(23)8-10-22(27(28,29)30)26(21)15-2-4-17(31)5-3-15/h2-8,10,13,16,23,31H,9,11-12,14H2,1H3/t16?,23-/m1/s1. The summed E-state index contributed by atoms with van der Waals surface area (Å²) >= 11 is 0. The number of carbonyl (C=O) groups excluding carboxylic acids is 1. The van der Waals surface area contributed by atoms with Gasteiger partial charge < -0.3 is 19.3 Å². The lowest BCUT2D eigenvalue weighted by molar-refractivity contribution is -0.141. The molecule has 0 fully saturated rings. The first-order valence-corrected chi connectivity index (χ1v) is 11.3. The maximum Gasteiger partial charge on any atom is 0.417 e. The molecule has 1 unspecified atom stereocenters. The average molecular weight is 484 g/mol. The number of methoxy groups -OCH3 is 1. The molecule has 5 rings (SSSR count). The molecule has 1 heterocycles. The maximum atomic E-state index is 13.9. The Morgan fingerprint density at radius 1 is 1.09 bits per heavy atom. The van der Waals surface area contributed by atoms with Crippen molar-refractivity contribution in [2.45, 2.75) is 37.5 Å². The fourth-order valence-electron chi connectivity index (χ4n) is 4.93. The molecular formula is C27H23F3O5. The fourth-order valence-corrected chi connectivity index (χ4v) is 4.93. The van der Waals surface area contributed by atoms with Crippen LogP contribution in [-0.4, -0.2) is 24.8 Å². The molecule has 8 heteroatoms. The Morgan fingerprint density at radius 2 is 1.83 bits per heavy atom. The van der Waals surface area contributed by atoms with Crippen molar-refractivity contribution < 1.29 is 37.3 Å². The summed E-state index contributed by atoms with van der Waals surface area (Å²) in [4.78, 5) is 11.6. The van der Waals surface area contributed by atoms with Gasteiger partial charge in [-0.05, 0) is 59.4 Å². The summed E-state index contributed by atoms with van der Waals surface area (Å²) in [7, 11) is 1.35. The van der Waals surface area contributed by atoms with Gasteiger partial charge in [0.1, 0.15) is 23.4 Å². The normalized spacial score (nSPS) is 18.5. The number of benzene rings is 3. The van der Waals surface area contributed by atoms with E-state index in [1.54, 1.807) is 12.1 Å². The Hall–Kier alpha value is -3.68. The highest BCUT2D eigenvalue weighted by Crippen LogP contribution is 2.47. The Morgan fingerprint density at radius 3 is 2.54 bits per heavy atom. The number of halogens is 3. The Kier molecular flexibility index (Phi) is 5.83. The van der Waals surface area contributed by atoms with E-state index in [0.29, 0.717) is 47.6 Å². The largest absolute Gasteiger partial charge is 0.508 e. The molecule has 182 valence electrons. The molecule has 1 aliphatic heterocycles. The molecule has 1 aliphatic carbocycles. The predicted molar refractivity (Wildman–Crippen MR) is 122 cm³/mol. The Bertz CT molecular complexity index is 1270. The van der Waals surface area contributed by atoms with Crippen LogP contribution in [0.3, 0.4) is 0 Å². The molecule has 3 aromatic carbocycles. The minimum absolute atomic E-state index is 0.0104. The van der Waals surface area contributed by atoms with Gasteiger partial charge in [-0.3, -0.25) is 4.79 Å². The van der Waals surface area contributed by atoms with Crippen molar-refractivity contribution in [1.29, 1.82) is 0 Å². The van der Waals surface area contributed by atoms with Gasteiger partial charge in [0.25, 0.3) is 0 Å². The van der Waals surface area contributed by atoms with Crippen LogP contribution in [0.2, 0.25) is 0 Å². The van der Waals surface area contributed by atoms with Crippen molar-refractivity contribution in [3.8, 4) is 28.4 Å². The summed E-state index contributed by atoms with van der Waals surface area (Å²) in [6.07, 6.45) is -3.73. The number of hydrogen-bond donors (Lipinski definition) is 1. The van der Waals surface area contributed by atoms with Gasteiger partial charge in [0.2, 0.25) is 0 Å². The third-order valence-corrected chi connectivity index (χ3v) is 6.60. The second-order valence-corrected chi connectivity index (χ2v) is 8.73. The predicted octanol–water partition coefficient (Wildman–Crippen LogP) is 6.18. The van der Waals surface area contributed by atoms with E-state index in [0.717, 1.165) is 11.6 Å². The van der Waals surface area contributed by atoms with E-state index in [1.165, 1.54) is 37.4 Å². The number of rotatable bonds is 5. The van der Waals surface area contributed by atoms with Crippen LogP contribution in [-0.2, 0) is 22.1 Å². The van der Waals surface area contributed by atoms with Gasteiger partial charge in [-0.2, -0.15) is 13.2 Å². The number of phenolic OH excluding ortho intramolecular Hbond substituents is 1. The van der Waals surface area contributed by atoms with Crippen molar-refractivity contribution in [1.82, 2.24) is 0 Å². The molecule has 2 aliphatic rings. The topological polar surface area (TPSA) is 65.0 Å². The van der Waals surface area contributed by atoms with E-state index in [1.807, 2.05) is 6.07 Å². The number of fused-ring (bicyclic) bond motifs is 2. The van der Waals surface area contributed by atoms with E-state index >= 15 is 0 Å². The van der Waals surface area contributed by atoms with Crippen molar-refractivity contribution in [2.75, 3.05) is 13.7 Å². The van der Waals surface area contributed by atoms with Crippen molar-refractivity contribution >= 4 is 5.97 Å². The van der Waals surface area contributed by atoms with Crippen LogP contribution in [0, 0.1) is 0 Å². The molecule has 0 radical (unpaired) electrons. The average Bonchev–Trinajstić information content (AvgIpc) is 3.42. The molecule has 0 aromatic heterocycles. The third-order valence-electron chi connectivity index (χ3n) is 6.60. The molecular weight excluding hydrogens is 461 g/mol. The third kappa shape index (κ3) is 4.40. The first-order chi connectivity index (χ1) is 16.7. The number of hydrogen-bond acceptors (Lipinski definition) is 5. The van der Waals surface area contributed by atoms with E-state index in [4.69, 9.17) is 14.2 Å². The van der Waals surface area contributed by atoms with Crippen LogP contribution in [0.5, 0.6) is 17.2 Å². The van der Waals surface area contributed by atoms with Gasteiger partial charge in [-0.1, -0.05) is 24.3 Å². The molecule has 3 aromatic rings. The molecule has 0 spiro atoms. The maximum absolute atomic E-state index is 13.9. The summed E-state index contributed by atoms with van der Waals surface area (Å²) in [5, 5.41) is 9.60. The molecule has 0 amide bonds. The van der Waals surface area contributed by atoms with Crippen LogP contribution >= 0.6 is 0 Å². The van der Waals surface area contributed by atoms with E-state index < -0.39 is 17.8 Å². The first kappa shape index (κ1) is 23.1. The highest BCUT2D eigenvalue weighted by atomic mass is 19.4. The first-order valence-electron chi connectivity index (χ1n) is 11.3. The lowest BCUT2D eigenvalue weighted by Crippen LogP contribution is -2.10. The highest BCUT2D eigenvalue weighted by molar-refractivity contribution is 5.75. The van der Waals surface area contributed by atoms with Crippen LogP contribution in [0.4, 0.5) is 13.2 Å². The van der Waals surface area contributed by atoms with Gasteiger partial charge in [-0.15, -0.1) is 0 Å². The molecule has 0 saturated heterocycles. The summed E-state index contributed by atoms with van der Waals surface area (Å²) in [6.45, 7) is 0.371. The molecule has 0 saturated carbocycles. The molecule has 5 nitrogen and oxygen atoms in total. The second kappa shape index (κ2) is 8.83. The Labute approximate surface area is 200 Å². The number of esters is 1. The second-order valence-electron chi connectivity index (χ2n) is 8.73. The summed E-state index contributed by atoms with van der Waals surface area (Å²) in [5.41, 5.74) is 2.04. The van der Waals surface area contributed by atoms with E-state index in [-0.39, 0.29) is 29.6 Å². The zero-order chi connectivity index (χ0) is 24.7. The SMILES string of the molecule is COC(=O)CC1COc2cc(O[C@@H]3CCc4c3ccc(C(F)(F)F)c4-c3ccc(O)cc3)ccc21. The highest BCUT2D eigenvalue weighted by Gasteiger charge is 2.38. The monoisotopic (exact) mass is 484 g/mol. The number of carbonyl (C=O) groups is 1. The lowest BCUT2D eigenvalue weighted by atomic mass is 9.91. The quantitative estimate of drug-likeness (QED) is 0.438. The van der Waals surface area contributed by atoms with Gasteiger partial charge in [-0.25, -0.2) is 0 Å². The molecule has 1 N–H and O–H groups in total. The van der Waals surface area contributed by atoms with Crippen LogP contribution in [0.1, 0.15) is 47.1 Å². The summed E-state index contributed by atoms with van der Waals surface area (Å²) in [6, 6.07) is 13.8. The van der Waals surface area contributed by atoms with Crippen LogP contribution in [0.25, 0.3) is 11.1 Å². The minimum Gasteiger partial charge on any atom is -0.508 e. The molecule has 0 bridgehead atoms. The van der Waals surface area contributed by atoms with Gasteiger partial charge in [0.05, 0.1) is 25.7 Å². The zero-order valence-corrected chi connectivity index (χ0v) is 18.9. The van der Waals surface area contributed by atoms with Crippen molar-refractivity contribution in [2.24, 2.45) is 0 Å². The van der Waals surface area contributed by atoms with Crippen LogP contribution < -0.4 is 9.47 Å². The van der Waals surface area contributed by atoms with Crippen molar-refractivity contribution in [3.63, 3.8) is 0 Å². The number of phenols is 1. The van der Waals surface area contributed by atoms with E-state index in [2.05, 4.69) is 0 Å². The molecule has 35 heavy (non-hydrogen) atoms. The smallest absolute Gasteiger partial charge is 0.417 e. The number of ether oxygens (including phenoxy) is 3. The van der Waals surface area contributed by atoms with Crippen molar-refractivity contribution in [3.05, 3.63) is 76.9 Å². The van der Waals surface area contributed by atoms with Gasteiger partial charge in [0, 0.05) is 17.5 Å². The molecule has 2 atom stereocenters. The fraction of sp³-hybridized carbons (Fsp3) is 0.296. The summed E-state index contributed by atoms with van der Waals surface area (Å²) in [5.74, 6) is 0.770. The number of aromatic hydroxyl groups is 1. The van der Waals surface area contributed by atoms with Gasteiger partial charge in [0.15, 0.2) is 0 Å².